The standard InChI is InChI=1S/C16H21N7S/c1-12-14(18-11-17-12)15-19-20-16(21(15)2)23-6-4-22(5-7-23)9-13-3-8-24-10-13/h3,8,10-11H,4-7,9H2,1-2H3,(H,17,18). The molecule has 0 aliphatic carbocycles. The largest absolute Gasteiger partial charge is 0.348 e. The second-order valence-corrected chi connectivity index (χ2v) is 6.93. The number of imidazole rings is 1. The Kier molecular flexibility index (Phi) is 4.07. The van der Waals surface area contributed by atoms with Gasteiger partial charge in [0.15, 0.2) is 5.82 Å². The first-order chi connectivity index (χ1) is 11.7. The fourth-order valence-corrected chi connectivity index (χ4v) is 3.79. The van der Waals surface area contributed by atoms with Crippen LogP contribution in [0.5, 0.6) is 0 Å². The van der Waals surface area contributed by atoms with Gasteiger partial charge in [0.05, 0.1) is 6.33 Å². The van der Waals surface area contributed by atoms with Crippen molar-refractivity contribution in [3.63, 3.8) is 0 Å². The molecule has 1 aliphatic rings. The number of hydrogen-bond acceptors (Lipinski definition) is 6. The van der Waals surface area contributed by atoms with E-state index in [0.717, 1.165) is 55.9 Å². The Labute approximate surface area is 145 Å². The van der Waals surface area contributed by atoms with Crippen LogP contribution in [0.2, 0.25) is 0 Å². The Bertz CT molecular complexity index is 796. The Morgan fingerprint density at radius 1 is 1.21 bits per heavy atom. The minimum Gasteiger partial charge on any atom is -0.348 e. The highest BCUT2D eigenvalue weighted by Gasteiger charge is 2.23. The SMILES string of the molecule is Cc1[nH]cnc1-c1nnc(N2CCN(Cc3ccsc3)CC2)n1C. The van der Waals surface area contributed by atoms with Crippen LogP contribution in [0.4, 0.5) is 5.95 Å². The van der Waals surface area contributed by atoms with Crippen LogP contribution in [-0.2, 0) is 13.6 Å². The summed E-state index contributed by atoms with van der Waals surface area (Å²) in [6, 6.07) is 2.21. The van der Waals surface area contributed by atoms with Crippen molar-refractivity contribution in [3.05, 3.63) is 34.4 Å². The number of rotatable bonds is 4. The van der Waals surface area contributed by atoms with E-state index in [0.29, 0.717) is 0 Å². The molecule has 0 unspecified atom stereocenters. The lowest BCUT2D eigenvalue weighted by Crippen LogP contribution is -2.46. The maximum absolute atomic E-state index is 4.41. The lowest BCUT2D eigenvalue weighted by molar-refractivity contribution is 0.248. The monoisotopic (exact) mass is 343 g/mol. The highest BCUT2D eigenvalue weighted by atomic mass is 32.1. The van der Waals surface area contributed by atoms with Crippen molar-refractivity contribution >= 4 is 17.3 Å². The van der Waals surface area contributed by atoms with Crippen LogP contribution in [0.15, 0.2) is 23.2 Å². The van der Waals surface area contributed by atoms with Crippen molar-refractivity contribution in [1.29, 1.82) is 0 Å². The summed E-state index contributed by atoms with van der Waals surface area (Å²) in [4.78, 5) is 12.3. The number of thiophene rings is 1. The van der Waals surface area contributed by atoms with Gasteiger partial charge in [-0.15, -0.1) is 10.2 Å². The van der Waals surface area contributed by atoms with Crippen molar-refractivity contribution in [2.45, 2.75) is 13.5 Å². The lowest BCUT2D eigenvalue weighted by atomic mass is 10.2. The summed E-state index contributed by atoms with van der Waals surface area (Å²) in [5.41, 5.74) is 3.29. The zero-order chi connectivity index (χ0) is 16.5. The summed E-state index contributed by atoms with van der Waals surface area (Å²) in [7, 11) is 2.01. The van der Waals surface area contributed by atoms with E-state index < -0.39 is 0 Å². The van der Waals surface area contributed by atoms with E-state index in [9.17, 15) is 0 Å². The fourth-order valence-electron chi connectivity index (χ4n) is 3.13. The molecule has 4 rings (SSSR count). The number of nitrogens with one attached hydrogen (secondary N) is 1. The highest BCUT2D eigenvalue weighted by Crippen LogP contribution is 2.22. The zero-order valence-electron chi connectivity index (χ0n) is 13.9. The van der Waals surface area contributed by atoms with Crippen molar-refractivity contribution in [2.24, 2.45) is 7.05 Å². The summed E-state index contributed by atoms with van der Waals surface area (Å²) < 4.78 is 2.04. The average Bonchev–Trinajstić information content (AvgIpc) is 3.31. The highest BCUT2D eigenvalue weighted by molar-refractivity contribution is 7.07. The molecule has 4 heterocycles. The van der Waals surface area contributed by atoms with Crippen molar-refractivity contribution < 1.29 is 0 Å². The van der Waals surface area contributed by atoms with Gasteiger partial charge in [0.2, 0.25) is 5.95 Å². The number of aromatic nitrogens is 5. The first-order valence-electron chi connectivity index (χ1n) is 8.10. The van der Waals surface area contributed by atoms with Gasteiger partial charge in [-0.1, -0.05) is 0 Å². The normalized spacial score (nSPS) is 16.0. The molecule has 1 N–H and O–H groups in total. The first kappa shape index (κ1) is 15.3. The Hall–Kier alpha value is -2.19. The van der Waals surface area contributed by atoms with Gasteiger partial charge in [-0.05, 0) is 29.3 Å². The van der Waals surface area contributed by atoms with E-state index in [4.69, 9.17) is 0 Å². The molecule has 0 saturated carbocycles. The van der Waals surface area contributed by atoms with Gasteiger partial charge in [-0.3, -0.25) is 9.47 Å². The molecular formula is C16H21N7S. The van der Waals surface area contributed by atoms with Crippen LogP contribution in [0.25, 0.3) is 11.5 Å². The topological polar surface area (TPSA) is 65.9 Å². The van der Waals surface area contributed by atoms with Crippen molar-refractivity contribution in [2.75, 3.05) is 31.1 Å². The van der Waals surface area contributed by atoms with Crippen LogP contribution in [0, 0.1) is 6.92 Å². The van der Waals surface area contributed by atoms with E-state index in [2.05, 4.69) is 46.8 Å². The molecule has 1 aliphatic heterocycles. The van der Waals surface area contributed by atoms with Crippen LogP contribution in [0.1, 0.15) is 11.3 Å². The molecule has 1 fully saturated rings. The number of anilines is 1. The smallest absolute Gasteiger partial charge is 0.227 e. The summed E-state index contributed by atoms with van der Waals surface area (Å²) in [5, 5.41) is 13.1. The molecule has 24 heavy (non-hydrogen) atoms. The molecule has 0 atom stereocenters. The van der Waals surface area contributed by atoms with Gasteiger partial charge in [0, 0.05) is 45.5 Å². The molecule has 3 aromatic rings. The maximum Gasteiger partial charge on any atom is 0.227 e. The number of nitrogens with zero attached hydrogens (tertiary/aromatic N) is 6. The van der Waals surface area contributed by atoms with Gasteiger partial charge in [-0.25, -0.2) is 4.98 Å². The van der Waals surface area contributed by atoms with Gasteiger partial charge in [0.25, 0.3) is 0 Å². The van der Waals surface area contributed by atoms with E-state index in [1.807, 2.05) is 18.5 Å². The molecular weight excluding hydrogens is 322 g/mol. The third-order valence-electron chi connectivity index (χ3n) is 4.53. The molecule has 126 valence electrons. The third-order valence-corrected chi connectivity index (χ3v) is 5.27. The molecule has 0 bridgehead atoms. The van der Waals surface area contributed by atoms with Crippen LogP contribution < -0.4 is 4.90 Å². The van der Waals surface area contributed by atoms with Crippen molar-refractivity contribution in [3.8, 4) is 11.5 Å². The molecule has 3 aromatic heterocycles. The number of piperazine rings is 1. The summed E-state index contributed by atoms with van der Waals surface area (Å²) in [5.74, 6) is 1.73. The van der Waals surface area contributed by atoms with E-state index in [1.54, 1.807) is 17.7 Å². The third kappa shape index (κ3) is 2.83. The predicted molar refractivity (Wildman–Crippen MR) is 95.1 cm³/mol. The molecule has 0 amide bonds. The lowest BCUT2D eigenvalue weighted by Gasteiger charge is -2.34. The van der Waals surface area contributed by atoms with Crippen LogP contribution in [-0.4, -0.2) is 55.8 Å². The van der Waals surface area contributed by atoms with Crippen molar-refractivity contribution in [1.82, 2.24) is 29.6 Å². The molecule has 0 radical (unpaired) electrons. The van der Waals surface area contributed by atoms with Gasteiger partial charge in [-0.2, -0.15) is 11.3 Å². The maximum atomic E-state index is 4.41. The second kappa shape index (κ2) is 6.37. The zero-order valence-corrected chi connectivity index (χ0v) is 14.8. The number of hydrogen-bond donors (Lipinski definition) is 1. The van der Waals surface area contributed by atoms with Crippen LogP contribution >= 0.6 is 11.3 Å². The predicted octanol–water partition coefficient (Wildman–Crippen LogP) is 1.90. The van der Waals surface area contributed by atoms with Gasteiger partial charge in [0.1, 0.15) is 5.69 Å². The second-order valence-electron chi connectivity index (χ2n) is 6.15. The molecule has 1 saturated heterocycles. The summed E-state index contributed by atoms with van der Waals surface area (Å²) in [6.45, 7) is 7.05. The summed E-state index contributed by atoms with van der Waals surface area (Å²) >= 11 is 1.76. The fraction of sp³-hybridized carbons (Fsp3) is 0.438. The van der Waals surface area contributed by atoms with Gasteiger partial charge < -0.3 is 9.88 Å². The van der Waals surface area contributed by atoms with Gasteiger partial charge >= 0.3 is 0 Å². The number of aromatic amines is 1. The Morgan fingerprint density at radius 2 is 2.04 bits per heavy atom. The molecule has 0 spiro atoms. The molecule has 7 nitrogen and oxygen atoms in total. The minimum atomic E-state index is 0.810. The molecule has 8 heteroatoms. The first-order valence-corrected chi connectivity index (χ1v) is 9.05. The van der Waals surface area contributed by atoms with E-state index in [1.165, 1.54) is 5.56 Å². The Balaban J connectivity index is 1.44. The minimum absolute atomic E-state index is 0.810. The quantitative estimate of drug-likeness (QED) is 0.784. The number of H-pyrrole nitrogens is 1. The van der Waals surface area contributed by atoms with E-state index in [-0.39, 0.29) is 0 Å². The molecule has 0 aromatic carbocycles. The summed E-state index contributed by atoms with van der Waals surface area (Å²) in [6.07, 6.45) is 1.70. The van der Waals surface area contributed by atoms with E-state index >= 15 is 0 Å². The van der Waals surface area contributed by atoms with Crippen LogP contribution in [0.3, 0.4) is 0 Å². The average molecular weight is 343 g/mol. The Morgan fingerprint density at radius 3 is 2.71 bits per heavy atom. The number of aryl methyl sites for hydroxylation is 1.